The van der Waals surface area contributed by atoms with Crippen molar-refractivity contribution in [3.05, 3.63) is 71.8 Å². The second-order valence-corrected chi connectivity index (χ2v) is 7.89. The van der Waals surface area contributed by atoms with E-state index in [4.69, 9.17) is 4.74 Å². The number of amides is 1. The molecule has 6 heteroatoms. The number of likely N-dealkylation sites (N-methyl/N-ethyl adjacent to an activating group) is 1. The van der Waals surface area contributed by atoms with Gasteiger partial charge in [-0.25, -0.2) is 4.98 Å². The van der Waals surface area contributed by atoms with Crippen molar-refractivity contribution in [3.63, 3.8) is 0 Å². The van der Waals surface area contributed by atoms with E-state index in [9.17, 15) is 9.59 Å². The maximum atomic E-state index is 12.5. The summed E-state index contributed by atoms with van der Waals surface area (Å²) < 4.78 is 5.33. The highest BCUT2D eigenvalue weighted by Gasteiger charge is 2.21. The molecule has 0 aliphatic carbocycles. The molecule has 0 radical (unpaired) electrons. The van der Waals surface area contributed by atoms with Crippen LogP contribution >= 0.6 is 11.8 Å². The van der Waals surface area contributed by atoms with Gasteiger partial charge < -0.3 is 9.64 Å². The molecule has 1 amide bonds. The molecule has 3 rings (SSSR count). The number of carbonyl (C=O) groups is 2. The lowest BCUT2D eigenvalue weighted by atomic mass is 10.1. The Kier molecular flexibility index (Phi) is 6.88. The number of para-hydroxylation sites is 1. The van der Waals surface area contributed by atoms with Crippen molar-refractivity contribution in [3.8, 4) is 0 Å². The zero-order chi connectivity index (χ0) is 20.8. The standard InChI is InChI=1S/C23H24N2O3S/c1-16-13-21(24-20-12-8-7-11-19(16)20)29-15-22(26)28-17(2)23(27)25(3)14-18-9-5-4-6-10-18/h4-13,17H,14-15H2,1-3H3/t17-/m1/s1. The number of ether oxygens (including phenoxy) is 1. The first-order chi connectivity index (χ1) is 13.9. The largest absolute Gasteiger partial charge is 0.452 e. The molecule has 1 heterocycles. The molecule has 150 valence electrons. The van der Waals surface area contributed by atoms with Crippen molar-refractivity contribution in [1.29, 1.82) is 0 Å². The second-order valence-electron chi connectivity index (χ2n) is 6.90. The number of thioether (sulfide) groups is 1. The summed E-state index contributed by atoms with van der Waals surface area (Å²) in [5, 5.41) is 1.86. The van der Waals surface area contributed by atoms with E-state index in [1.807, 2.05) is 67.6 Å². The fourth-order valence-electron chi connectivity index (χ4n) is 3.05. The van der Waals surface area contributed by atoms with Crippen LogP contribution in [0.1, 0.15) is 18.1 Å². The minimum atomic E-state index is -0.830. The molecule has 3 aromatic rings. The second kappa shape index (κ2) is 9.56. The number of carbonyl (C=O) groups excluding carboxylic acids is 2. The monoisotopic (exact) mass is 408 g/mol. The number of hydrogen-bond donors (Lipinski definition) is 0. The van der Waals surface area contributed by atoms with Crippen LogP contribution in [0.2, 0.25) is 0 Å². The van der Waals surface area contributed by atoms with Crippen LogP contribution in [0, 0.1) is 6.92 Å². The molecule has 2 aromatic carbocycles. The summed E-state index contributed by atoms with van der Waals surface area (Å²) in [6.45, 7) is 4.09. The molecule has 0 aliphatic rings. The third kappa shape index (κ3) is 5.57. The Morgan fingerprint density at radius 1 is 1.10 bits per heavy atom. The van der Waals surface area contributed by atoms with Crippen LogP contribution in [0.5, 0.6) is 0 Å². The van der Waals surface area contributed by atoms with Crippen LogP contribution in [-0.4, -0.2) is 40.7 Å². The number of esters is 1. The first-order valence-corrected chi connectivity index (χ1v) is 10.4. The summed E-state index contributed by atoms with van der Waals surface area (Å²) in [6.07, 6.45) is -0.830. The zero-order valence-corrected chi connectivity index (χ0v) is 17.6. The smallest absolute Gasteiger partial charge is 0.317 e. The Bertz CT molecular complexity index is 1010. The van der Waals surface area contributed by atoms with E-state index >= 15 is 0 Å². The van der Waals surface area contributed by atoms with E-state index in [1.165, 1.54) is 11.8 Å². The van der Waals surface area contributed by atoms with Gasteiger partial charge in [0, 0.05) is 19.0 Å². The first kappa shape index (κ1) is 20.9. The van der Waals surface area contributed by atoms with Crippen molar-refractivity contribution < 1.29 is 14.3 Å². The zero-order valence-electron chi connectivity index (χ0n) is 16.8. The van der Waals surface area contributed by atoms with Crippen LogP contribution in [0.3, 0.4) is 0 Å². The molecule has 0 fully saturated rings. The lowest BCUT2D eigenvalue weighted by molar-refractivity contribution is -0.156. The van der Waals surface area contributed by atoms with Crippen molar-refractivity contribution in [2.45, 2.75) is 31.5 Å². The van der Waals surface area contributed by atoms with E-state index in [2.05, 4.69) is 4.98 Å². The van der Waals surface area contributed by atoms with E-state index in [0.717, 1.165) is 27.1 Å². The van der Waals surface area contributed by atoms with Gasteiger partial charge in [-0.3, -0.25) is 9.59 Å². The average Bonchev–Trinajstić information content (AvgIpc) is 2.72. The fraction of sp³-hybridized carbons (Fsp3) is 0.261. The minimum Gasteiger partial charge on any atom is -0.452 e. The van der Waals surface area contributed by atoms with Gasteiger partial charge in [-0.05, 0) is 37.1 Å². The minimum absolute atomic E-state index is 0.102. The lowest BCUT2D eigenvalue weighted by Gasteiger charge is -2.21. The summed E-state index contributed by atoms with van der Waals surface area (Å²) in [5.41, 5.74) is 3.03. The van der Waals surface area contributed by atoms with Crippen LogP contribution in [0.25, 0.3) is 10.9 Å². The Balaban J connectivity index is 1.53. The first-order valence-electron chi connectivity index (χ1n) is 9.41. The Morgan fingerprint density at radius 2 is 1.79 bits per heavy atom. The van der Waals surface area contributed by atoms with Crippen molar-refractivity contribution in [2.24, 2.45) is 0 Å². The van der Waals surface area contributed by atoms with Gasteiger partial charge in [0.25, 0.3) is 5.91 Å². The summed E-state index contributed by atoms with van der Waals surface area (Å²) in [6, 6.07) is 19.6. The highest BCUT2D eigenvalue weighted by Crippen LogP contribution is 2.23. The number of pyridine rings is 1. The molecule has 0 saturated heterocycles. The molecular weight excluding hydrogens is 384 g/mol. The predicted octanol–water partition coefficient (Wildman–Crippen LogP) is 4.23. The third-order valence-corrected chi connectivity index (χ3v) is 5.42. The van der Waals surface area contributed by atoms with Crippen LogP contribution in [-0.2, 0) is 20.9 Å². The SMILES string of the molecule is Cc1cc(SCC(=O)O[C@H](C)C(=O)N(C)Cc2ccccc2)nc2ccccc12. The van der Waals surface area contributed by atoms with Crippen molar-refractivity contribution in [2.75, 3.05) is 12.8 Å². The van der Waals surface area contributed by atoms with Crippen molar-refractivity contribution >= 4 is 34.5 Å². The molecule has 0 spiro atoms. The average molecular weight is 409 g/mol. The van der Waals surface area contributed by atoms with Gasteiger partial charge in [0.2, 0.25) is 0 Å². The van der Waals surface area contributed by atoms with Gasteiger partial charge >= 0.3 is 5.97 Å². The Labute approximate surface area is 175 Å². The normalized spacial score (nSPS) is 11.8. The predicted molar refractivity (Wildman–Crippen MR) is 116 cm³/mol. The lowest BCUT2D eigenvalue weighted by Crippen LogP contribution is -2.37. The molecule has 0 saturated carbocycles. The fourth-order valence-corrected chi connectivity index (χ4v) is 3.81. The Hall–Kier alpha value is -2.86. The van der Waals surface area contributed by atoms with Crippen LogP contribution in [0.15, 0.2) is 65.7 Å². The molecule has 5 nitrogen and oxygen atoms in total. The van der Waals surface area contributed by atoms with Crippen molar-refractivity contribution in [1.82, 2.24) is 9.88 Å². The maximum Gasteiger partial charge on any atom is 0.317 e. The summed E-state index contributed by atoms with van der Waals surface area (Å²) in [7, 11) is 1.70. The van der Waals surface area contributed by atoms with E-state index in [-0.39, 0.29) is 11.7 Å². The van der Waals surface area contributed by atoms with Crippen LogP contribution < -0.4 is 0 Å². The summed E-state index contributed by atoms with van der Waals surface area (Å²) in [4.78, 5) is 30.8. The van der Waals surface area contributed by atoms with Gasteiger partial charge in [0.05, 0.1) is 16.3 Å². The number of aromatic nitrogens is 1. The number of rotatable bonds is 7. The molecule has 0 aliphatic heterocycles. The Morgan fingerprint density at radius 3 is 2.55 bits per heavy atom. The number of hydrogen-bond acceptors (Lipinski definition) is 5. The van der Waals surface area contributed by atoms with Gasteiger partial charge in [-0.1, -0.05) is 60.3 Å². The molecule has 29 heavy (non-hydrogen) atoms. The highest BCUT2D eigenvalue weighted by molar-refractivity contribution is 7.99. The number of fused-ring (bicyclic) bond motifs is 1. The topological polar surface area (TPSA) is 59.5 Å². The number of benzene rings is 2. The third-order valence-electron chi connectivity index (χ3n) is 4.53. The maximum absolute atomic E-state index is 12.5. The highest BCUT2D eigenvalue weighted by atomic mass is 32.2. The molecule has 0 unspecified atom stereocenters. The van der Waals surface area contributed by atoms with Gasteiger partial charge in [0.1, 0.15) is 0 Å². The summed E-state index contributed by atoms with van der Waals surface area (Å²) in [5.74, 6) is -0.561. The van der Waals surface area contributed by atoms with Gasteiger partial charge in [0.15, 0.2) is 6.10 Å². The molecule has 1 aromatic heterocycles. The van der Waals surface area contributed by atoms with E-state index in [0.29, 0.717) is 6.54 Å². The van der Waals surface area contributed by atoms with Gasteiger partial charge in [-0.2, -0.15) is 0 Å². The van der Waals surface area contributed by atoms with Gasteiger partial charge in [-0.15, -0.1) is 0 Å². The number of nitrogens with zero attached hydrogens (tertiary/aromatic N) is 2. The molecule has 0 N–H and O–H groups in total. The molecule has 1 atom stereocenters. The van der Waals surface area contributed by atoms with E-state index < -0.39 is 12.1 Å². The molecular formula is C23H24N2O3S. The van der Waals surface area contributed by atoms with E-state index in [1.54, 1.807) is 18.9 Å². The quantitative estimate of drug-likeness (QED) is 0.433. The van der Waals surface area contributed by atoms with Crippen LogP contribution in [0.4, 0.5) is 0 Å². The molecule has 0 bridgehead atoms. The number of aryl methyl sites for hydroxylation is 1. The summed E-state index contributed by atoms with van der Waals surface area (Å²) >= 11 is 1.31.